The second kappa shape index (κ2) is 10.1. The van der Waals surface area contributed by atoms with Crippen molar-refractivity contribution in [3.8, 4) is 22.9 Å². The van der Waals surface area contributed by atoms with Crippen molar-refractivity contribution in [2.45, 2.75) is 26.3 Å². The van der Waals surface area contributed by atoms with E-state index in [0.29, 0.717) is 28.9 Å². The molecule has 0 saturated heterocycles. The highest BCUT2D eigenvalue weighted by molar-refractivity contribution is 5.89. The third kappa shape index (κ3) is 4.69. The lowest BCUT2D eigenvalue weighted by molar-refractivity contribution is 0.324. The topological polar surface area (TPSA) is 104 Å². The zero-order valence-electron chi connectivity index (χ0n) is 22.0. The average Bonchev–Trinajstić information content (AvgIpc) is 3.55. The van der Waals surface area contributed by atoms with Gasteiger partial charge >= 0.3 is 0 Å². The van der Waals surface area contributed by atoms with Crippen molar-refractivity contribution in [2.75, 3.05) is 46.8 Å². The van der Waals surface area contributed by atoms with Gasteiger partial charge in [0, 0.05) is 31.3 Å². The van der Waals surface area contributed by atoms with E-state index in [4.69, 9.17) is 24.2 Å². The van der Waals surface area contributed by atoms with Crippen molar-refractivity contribution < 1.29 is 14.2 Å². The zero-order valence-corrected chi connectivity index (χ0v) is 22.0. The van der Waals surface area contributed by atoms with Gasteiger partial charge in [-0.05, 0) is 32.9 Å². The Balaban J connectivity index is 1.53. The van der Waals surface area contributed by atoms with Gasteiger partial charge in [-0.25, -0.2) is 19.6 Å². The molecule has 37 heavy (non-hydrogen) atoms. The average molecular weight is 505 g/mol. The Morgan fingerprint density at radius 3 is 2.41 bits per heavy atom. The first-order valence-electron chi connectivity index (χ1n) is 12.2. The van der Waals surface area contributed by atoms with E-state index in [1.807, 2.05) is 27.6 Å². The van der Waals surface area contributed by atoms with Gasteiger partial charge < -0.3 is 29.0 Å². The quantitative estimate of drug-likeness (QED) is 0.380. The van der Waals surface area contributed by atoms with Crippen LogP contribution >= 0.6 is 0 Å². The number of rotatable bonds is 8. The van der Waals surface area contributed by atoms with Crippen LogP contribution in [0.2, 0.25) is 0 Å². The highest BCUT2D eigenvalue weighted by Crippen LogP contribution is 2.39. The molecule has 0 aliphatic carbocycles. The predicted octanol–water partition coefficient (Wildman–Crippen LogP) is 4.08. The highest BCUT2D eigenvalue weighted by atomic mass is 16.5. The number of nitrogens with zero attached hydrogens (tertiary/aromatic N) is 7. The Kier molecular flexibility index (Phi) is 6.70. The van der Waals surface area contributed by atoms with E-state index in [0.717, 1.165) is 47.6 Å². The van der Waals surface area contributed by atoms with Crippen LogP contribution in [0.4, 0.5) is 11.6 Å². The molecule has 0 radical (unpaired) electrons. The molecule has 194 valence electrons. The summed E-state index contributed by atoms with van der Waals surface area (Å²) in [4.78, 5) is 16.7. The van der Waals surface area contributed by atoms with E-state index in [1.165, 1.54) is 0 Å². The molecule has 1 aliphatic heterocycles. The first kappa shape index (κ1) is 24.6. The van der Waals surface area contributed by atoms with Crippen molar-refractivity contribution in [3.63, 3.8) is 0 Å². The van der Waals surface area contributed by atoms with Crippen LogP contribution in [0.1, 0.15) is 32.1 Å². The maximum Gasteiger partial charge on any atom is 0.203 e. The molecule has 0 fully saturated rings. The maximum absolute atomic E-state index is 5.50. The summed E-state index contributed by atoms with van der Waals surface area (Å²) in [6, 6.07) is 3.90. The second-order valence-electron chi connectivity index (χ2n) is 9.23. The van der Waals surface area contributed by atoms with Gasteiger partial charge in [-0.15, -0.1) is 0 Å². The lowest BCUT2D eigenvalue weighted by Gasteiger charge is -2.21. The lowest BCUT2D eigenvalue weighted by Crippen LogP contribution is -2.24. The normalized spacial score (nSPS) is 14.2. The van der Waals surface area contributed by atoms with Crippen molar-refractivity contribution in [1.29, 1.82) is 0 Å². The molecule has 4 heterocycles. The number of imidazole rings is 1. The van der Waals surface area contributed by atoms with E-state index in [-0.39, 0.29) is 6.04 Å². The van der Waals surface area contributed by atoms with Crippen molar-refractivity contribution in [3.05, 3.63) is 42.8 Å². The molecule has 4 aromatic rings. The first-order valence-corrected chi connectivity index (χ1v) is 12.2. The number of benzene rings is 1. The number of hydrogen-bond acceptors (Lipinski definition) is 9. The van der Waals surface area contributed by atoms with Gasteiger partial charge in [-0.3, -0.25) is 0 Å². The van der Waals surface area contributed by atoms with Gasteiger partial charge in [0.2, 0.25) is 5.75 Å². The molecule has 0 spiro atoms. The van der Waals surface area contributed by atoms with Crippen molar-refractivity contribution in [2.24, 2.45) is 0 Å². The molecule has 0 saturated carbocycles. The fraction of sp³-hybridized carbons (Fsp3) is 0.385. The van der Waals surface area contributed by atoms with Crippen molar-refractivity contribution in [1.82, 2.24) is 34.2 Å². The summed E-state index contributed by atoms with van der Waals surface area (Å²) in [5.41, 5.74) is 2.75. The van der Waals surface area contributed by atoms with E-state index in [2.05, 4.69) is 47.3 Å². The molecule has 0 atom stereocenters. The van der Waals surface area contributed by atoms with Crippen LogP contribution in [0.25, 0.3) is 22.3 Å². The number of nitrogens with one attached hydrogen (secondary N) is 1. The van der Waals surface area contributed by atoms with Gasteiger partial charge in [-0.1, -0.05) is 6.08 Å². The van der Waals surface area contributed by atoms with E-state index in [1.54, 1.807) is 33.9 Å². The first-order chi connectivity index (χ1) is 17.9. The van der Waals surface area contributed by atoms with Crippen LogP contribution < -0.4 is 19.5 Å². The molecule has 3 aromatic heterocycles. The maximum atomic E-state index is 5.50. The summed E-state index contributed by atoms with van der Waals surface area (Å²) in [5, 5.41) is 8.82. The van der Waals surface area contributed by atoms with Crippen LogP contribution in [0.3, 0.4) is 0 Å². The molecule has 0 bridgehead atoms. The van der Waals surface area contributed by atoms with E-state index < -0.39 is 0 Å². The smallest absolute Gasteiger partial charge is 0.203 e. The largest absolute Gasteiger partial charge is 0.493 e. The summed E-state index contributed by atoms with van der Waals surface area (Å²) in [5.74, 6) is 3.68. The Morgan fingerprint density at radius 2 is 1.78 bits per heavy atom. The summed E-state index contributed by atoms with van der Waals surface area (Å²) in [6.07, 6.45) is 8.51. The Bertz CT molecular complexity index is 1430. The Labute approximate surface area is 215 Å². The molecular weight excluding hydrogens is 472 g/mol. The summed E-state index contributed by atoms with van der Waals surface area (Å²) >= 11 is 0. The Hall–Kier alpha value is -4.12. The number of ether oxygens (including phenoxy) is 3. The molecule has 0 amide bonds. The standard InChI is InChI=1S/C26H32N8O3/c1-16(2)34-26-19(13-28-34)25(30-24(31-26)17-7-9-32(3)10-8-17)29-22-14-33(15-27-22)18-11-20(35-4)23(37-6)21(12-18)36-5/h7,11-16H,8-10H2,1-6H3,(H,29,30,31). The van der Waals surface area contributed by atoms with Gasteiger partial charge in [0.15, 0.2) is 23.0 Å². The molecule has 11 heteroatoms. The molecule has 11 nitrogen and oxygen atoms in total. The fourth-order valence-electron chi connectivity index (χ4n) is 4.38. The third-order valence-electron chi connectivity index (χ3n) is 6.42. The summed E-state index contributed by atoms with van der Waals surface area (Å²) in [6.45, 7) is 6.03. The van der Waals surface area contributed by atoms with Crippen LogP contribution in [-0.4, -0.2) is 75.7 Å². The SMILES string of the molecule is COc1cc(-n2cnc(Nc3nc(C4=CCN(C)CC4)nc4c3cnn4C(C)C)c2)cc(OC)c1OC. The van der Waals surface area contributed by atoms with Gasteiger partial charge in [0.1, 0.15) is 18.0 Å². The van der Waals surface area contributed by atoms with Crippen molar-refractivity contribution >= 4 is 28.2 Å². The number of methoxy groups -OCH3 is 3. The zero-order chi connectivity index (χ0) is 26.1. The molecule has 1 aromatic carbocycles. The van der Waals surface area contributed by atoms with Gasteiger partial charge in [0.05, 0.1) is 44.8 Å². The lowest BCUT2D eigenvalue weighted by atomic mass is 10.1. The number of hydrogen-bond donors (Lipinski definition) is 1. The van der Waals surface area contributed by atoms with Crippen LogP contribution in [0.15, 0.2) is 36.9 Å². The summed E-state index contributed by atoms with van der Waals surface area (Å²) in [7, 11) is 6.88. The molecular formula is C26H32N8O3. The fourth-order valence-corrected chi connectivity index (χ4v) is 4.38. The predicted molar refractivity (Wildman–Crippen MR) is 142 cm³/mol. The summed E-state index contributed by atoms with van der Waals surface area (Å²) < 4.78 is 20.3. The van der Waals surface area contributed by atoms with Gasteiger partial charge in [-0.2, -0.15) is 5.10 Å². The highest BCUT2D eigenvalue weighted by Gasteiger charge is 2.20. The number of likely N-dealkylation sites (N-methyl/N-ethyl adjacent to an activating group) is 1. The van der Waals surface area contributed by atoms with Gasteiger partial charge in [0.25, 0.3) is 0 Å². The second-order valence-corrected chi connectivity index (χ2v) is 9.23. The number of aromatic nitrogens is 6. The minimum absolute atomic E-state index is 0.166. The van der Waals surface area contributed by atoms with E-state index >= 15 is 0 Å². The molecule has 1 N–H and O–H groups in total. The molecule has 5 rings (SSSR count). The molecule has 0 unspecified atom stereocenters. The van der Waals surface area contributed by atoms with Crippen LogP contribution in [0.5, 0.6) is 17.2 Å². The minimum Gasteiger partial charge on any atom is -0.493 e. The molecule has 1 aliphatic rings. The van der Waals surface area contributed by atoms with Crippen LogP contribution in [-0.2, 0) is 0 Å². The minimum atomic E-state index is 0.166. The van der Waals surface area contributed by atoms with E-state index in [9.17, 15) is 0 Å². The number of anilines is 2. The third-order valence-corrected chi connectivity index (χ3v) is 6.42. The number of fused-ring (bicyclic) bond motifs is 1. The Morgan fingerprint density at radius 1 is 1.03 bits per heavy atom. The monoisotopic (exact) mass is 504 g/mol. The van der Waals surface area contributed by atoms with Crippen LogP contribution in [0, 0.1) is 0 Å².